The van der Waals surface area contributed by atoms with Crippen molar-refractivity contribution in [3.05, 3.63) is 45.6 Å². The molecule has 7 heteroatoms. The number of nitrogens with zero attached hydrogens (tertiary/aromatic N) is 1. The van der Waals surface area contributed by atoms with Gasteiger partial charge in [0.2, 0.25) is 0 Å². The molecule has 21 heavy (non-hydrogen) atoms. The second kappa shape index (κ2) is 6.60. The number of para-hydroxylation sites is 2. The molecule has 1 heterocycles. The van der Waals surface area contributed by atoms with Crippen LogP contribution in [0.25, 0.3) is 0 Å². The van der Waals surface area contributed by atoms with Crippen molar-refractivity contribution in [2.75, 3.05) is 17.2 Å². The Hall–Kier alpha value is -2.05. The van der Waals surface area contributed by atoms with E-state index in [9.17, 15) is 9.59 Å². The van der Waals surface area contributed by atoms with Gasteiger partial charge in [0.25, 0.3) is 5.91 Å². The van der Waals surface area contributed by atoms with Gasteiger partial charge in [0.1, 0.15) is 4.88 Å². The van der Waals surface area contributed by atoms with Crippen LogP contribution in [-0.2, 0) is 4.79 Å². The molecule has 0 bridgehead atoms. The molecule has 5 nitrogen and oxygen atoms in total. The minimum atomic E-state index is -0.987. The third-order valence-corrected chi connectivity index (χ3v) is 4.16. The normalized spacial score (nSPS) is 10.3. The number of hydrogen-bond donors (Lipinski definition) is 2. The number of carboxylic acid groups (broad SMARTS) is 1. The number of rotatable bonds is 5. The molecule has 0 radical (unpaired) electrons. The summed E-state index contributed by atoms with van der Waals surface area (Å²) in [5.74, 6) is -1.34. The molecule has 0 aliphatic rings. The number of hydrogen-bond acceptors (Lipinski definition) is 4. The number of carbonyl (C=O) groups excluding carboxylic acids is 1. The van der Waals surface area contributed by atoms with Crippen molar-refractivity contribution in [1.29, 1.82) is 0 Å². The predicted octanol–water partition coefficient (Wildman–Crippen LogP) is 3.11. The number of halogens is 1. The van der Waals surface area contributed by atoms with Crippen LogP contribution >= 0.6 is 22.9 Å². The van der Waals surface area contributed by atoms with Gasteiger partial charge in [0.05, 0.1) is 22.8 Å². The van der Waals surface area contributed by atoms with Gasteiger partial charge in [-0.3, -0.25) is 9.59 Å². The van der Waals surface area contributed by atoms with E-state index in [4.69, 9.17) is 22.4 Å². The fraction of sp³-hybridized carbons (Fsp3) is 0.143. The summed E-state index contributed by atoms with van der Waals surface area (Å²) in [6.07, 6.45) is -0.178. The summed E-state index contributed by atoms with van der Waals surface area (Å²) in [6.45, 7) is 0.0244. The summed E-state index contributed by atoms with van der Waals surface area (Å²) < 4.78 is 0. The first-order chi connectivity index (χ1) is 10.0. The molecule has 0 aliphatic heterocycles. The van der Waals surface area contributed by atoms with E-state index < -0.39 is 5.97 Å². The number of thiophene rings is 1. The number of amides is 1. The highest BCUT2D eigenvalue weighted by Crippen LogP contribution is 2.29. The average Bonchev–Trinajstić information content (AvgIpc) is 2.86. The Morgan fingerprint density at radius 1 is 1.29 bits per heavy atom. The van der Waals surface area contributed by atoms with Crippen LogP contribution in [0.1, 0.15) is 16.1 Å². The molecule has 0 spiro atoms. The van der Waals surface area contributed by atoms with Crippen LogP contribution < -0.4 is 10.6 Å². The Kier molecular flexibility index (Phi) is 4.82. The van der Waals surface area contributed by atoms with Gasteiger partial charge >= 0.3 is 5.97 Å². The molecular formula is C14H13ClN2O3S. The predicted molar refractivity (Wildman–Crippen MR) is 84.1 cm³/mol. The van der Waals surface area contributed by atoms with Crippen molar-refractivity contribution >= 4 is 46.2 Å². The molecule has 1 aromatic heterocycles. The highest BCUT2D eigenvalue weighted by atomic mass is 35.5. The van der Waals surface area contributed by atoms with Gasteiger partial charge in [-0.2, -0.15) is 0 Å². The Balaban J connectivity index is 2.37. The van der Waals surface area contributed by atoms with E-state index >= 15 is 0 Å². The van der Waals surface area contributed by atoms with Gasteiger partial charge in [-0.1, -0.05) is 23.7 Å². The van der Waals surface area contributed by atoms with Crippen molar-refractivity contribution < 1.29 is 14.7 Å². The lowest BCUT2D eigenvalue weighted by Crippen LogP contribution is -2.33. The number of carbonyl (C=O) groups is 2. The Morgan fingerprint density at radius 2 is 2.00 bits per heavy atom. The van der Waals surface area contributed by atoms with Crippen molar-refractivity contribution in [1.82, 2.24) is 0 Å². The van der Waals surface area contributed by atoms with Gasteiger partial charge in [-0.15, -0.1) is 11.3 Å². The fourth-order valence-corrected chi connectivity index (χ4v) is 2.93. The second-order valence-electron chi connectivity index (χ2n) is 4.26. The summed E-state index contributed by atoms with van der Waals surface area (Å²) in [5, 5.41) is 10.9. The van der Waals surface area contributed by atoms with E-state index in [1.54, 1.807) is 35.7 Å². The first-order valence-corrected chi connectivity index (χ1v) is 7.37. The molecule has 0 fully saturated rings. The lowest BCUT2D eigenvalue weighted by molar-refractivity contribution is -0.136. The molecule has 1 amide bonds. The van der Waals surface area contributed by atoms with Crippen LogP contribution in [0.3, 0.4) is 0 Å². The van der Waals surface area contributed by atoms with Crippen LogP contribution in [0.15, 0.2) is 35.7 Å². The van der Waals surface area contributed by atoms with E-state index in [2.05, 4.69) is 0 Å². The number of anilines is 2. The number of benzene rings is 1. The van der Waals surface area contributed by atoms with Gasteiger partial charge in [0, 0.05) is 6.54 Å². The quantitative estimate of drug-likeness (QED) is 0.828. The maximum Gasteiger partial charge on any atom is 0.305 e. The smallest absolute Gasteiger partial charge is 0.305 e. The van der Waals surface area contributed by atoms with E-state index in [-0.39, 0.29) is 18.9 Å². The minimum Gasteiger partial charge on any atom is -0.481 e. The fourth-order valence-electron chi connectivity index (χ4n) is 1.84. The summed E-state index contributed by atoms with van der Waals surface area (Å²) in [4.78, 5) is 25.1. The summed E-state index contributed by atoms with van der Waals surface area (Å²) in [7, 11) is 0. The monoisotopic (exact) mass is 324 g/mol. The standard InChI is InChI=1S/C14H13ClN2O3S/c15-9-6-8-21-13(9)14(20)17(7-5-12(18)19)11-4-2-1-3-10(11)16/h1-4,6,8H,5,7,16H2,(H,18,19). The molecule has 1 aromatic carbocycles. The number of nitrogen functional groups attached to an aromatic ring is 1. The highest BCUT2D eigenvalue weighted by molar-refractivity contribution is 7.12. The maximum absolute atomic E-state index is 12.6. The van der Waals surface area contributed by atoms with Crippen LogP contribution in [0, 0.1) is 0 Å². The van der Waals surface area contributed by atoms with E-state index in [1.165, 1.54) is 16.2 Å². The molecule has 0 atom stereocenters. The first kappa shape index (κ1) is 15.3. The van der Waals surface area contributed by atoms with Gasteiger partial charge in [-0.25, -0.2) is 0 Å². The van der Waals surface area contributed by atoms with E-state index in [0.29, 0.717) is 21.3 Å². The van der Waals surface area contributed by atoms with E-state index in [1.807, 2.05) is 0 Å². The number of aliphatic carboxylic acids is 1. The maximum atomic E-state index is 12.6. The van der Waals surface area contributed by atoms with Crippen molar-refractivity contribution in [3.8, 4) is 0 Å². The molecule has 2 aromatic rings. The third kappa shape index (κ3) is 3.53. The average molecular weight is 325 g/mol. The molecule has 0 saturated carbocycles. The SMILES string of the molecule is Nc1ccccc1N(CCC(=O)O)C(=O)c1sccc1Cl. The number of nitrogens with two attached hydrogens (primary N) is 1. The summed E-state index contributed by atoms with van der Waals surface area (Å²) in [6, 6.07) is 8.45. The zero-order valence-electron chi connectivity index (χ0n) is 11.0. The van der Waals surface area contributed by atoms with Gasteiger partial charge < -0.3 is 15.7 Å². The van der Waals surface area contributed by atoms with E-state index in [0.717, 1.165) is 0 Å². The topological polar surface area (TPSA) is 83.6 Å². The molecule has 2 rings (SSSR count). The zero-order chi connectivity index (χ0) is 15.4. The number of carboxylic acids is 1. The van der Waals surface area contributed by atoms with Crippen molar-refractivity contribution in [2.45, 2.75) is 6.42 Å². The highest BCUT2D eigenvalue weighted by Gasteiger charge is 2.23. The van der Waals surface area contributed by atoms with Crippen LogP contribution in [0.4, 0.5) is 11.4 Å². The molecule has 110 valence electrons. The molecule has 3 N–H and O–H groups in total. The van der Waals surface area contributed by atoms with Crippen molar-refractivity contribution in [2.24, 2.45) is 0 Å². The summed E-state index contributed by atoms with van der Waals surface area (Å²) >= 11 is 7.19. The Morgan fingerprint density at radius 3 is 2.57 bits per heavy atom. The van der Waals surface area contributed by atoms with Gasteiger partial charge in [-0.05, 0) is 23.6 Å². The lowest BCUT2D eigenvalue weighted by Gasteiger charge is -2.23. The van der Waals surface area contributed by atoms with Crippen molar-refractivity contribution in [3.63, 3.8) is 0 Å². The van der Waals surface area contributed by atoms with Crippen LogP contribution in [0.5, 0.6) is 0 Å². The molecule has 0 unspecified atom stereocenters. The molecule has 0 saturated heterocycles. The van der Waals surface area contributed by atoms with Crippen LogP contribution in [0.2, 0.25) is 5.02 Å². The second-order valence-corrected chi connectivity index (χ2v) is 5.58. The minimum absolute atomic E-state index is 0.0244. The van der Waals surface area contributed by atoms with Gasteiger partial charge in [0.15, 0.2) is 0 Å². The lowest BCUT2D eigenvalue weighted by atomic mass is 10.2. The third-order valence-electron chi connectivity index (χ3n) is 2.83. The Labute approximate surface area is 130 Å². The van der Waals surface area contributed by atoms with Crippen LogP contribution in [-0.4, -0.2) is 23.5 Å². The molecule has 0 aliphatic carbocycles. The summed E-state index contributed by atoms with van der Waals surface area (Å²) in [5.41, 5.74) is 6.77. The Bertz CT molecular complexity index is 672. The zero-order valence-corrected chi connectivity index (χ0v) is 12.5. The first-order valence-electron chi connectivity index (χ1n) is 6.12. The molecular weight excluding hydrogens is 312 g/mol. The largest absolute Gasteiger partial charge is 0.481 e.